The molecule has 1 aromatic carbocycles. The topological polar surface area (TPSA) is 63.7 Å². The number of nitrogens with zero attached hydrogens (tertiary/aromatic N) is 1. The third kappa shape index (κ3) is 2.04. The van der Waals surface area contributed by atoms with Gasteiger partial charge in [0.2, 0.25) is 0 Å². The second-order valence-corrected chi connectivity index (χ2v) is 8.28. The molecular weight excluding hydrogens is 334 g/mol. The lowest BCUT2D eigenvalue weighted by atomic mass is 10.0. The molecule has 0 spiro atoms. The molecule has 0 radical (unpaired) electrons. The molecule has 2 aliphatic heterocycles. The third-order valence-electron chi connectivity index (χ3n) is 4.06. The Hall–Kier alpha value is -2.12. The van der Waals surface area contributed by atoms with Crippen molar-refractivity contribution < 1.29 is 17.9 Å². The molecule has 0 saturated carbocycles. The Kier molecular flexibility index (Phi) is 3.11. The molecule has 4 rings (SSSR count). The number of hydrogen-bond donors (Lipinski definition) is 0. The lowest BCUT2D eigenvalue weighted by molar-refractivity contribution is -0.117. The van der Waals surface area contributed by atoms with Crippen molar-refractivity contribution in [1.82, 2.24) is 0 Å². The number of sulfonamides is 1. The van der Waals surface area contributed by atoms with Crippen molar-refractivity contribution in [2.45, 2.75) is 12.5 Å². The summed E-state index contributed by atoms with van der Waals surface area (Å²) < 4.78 is 32.5. The van der Waals surface area contributed by atoms with Crippen LogP contribution < -0.4 is 4.31 Å². The zero-order chi connectivity index (χ0) is 16.2. The number of Topliss-reactive ketones (excluding diaryl/α,β-unsaturated/α-hetero) is 1. The second-order valence-electron chi connectivity index (χ2n) is 5.40. The van der Waals surface area contributed by atoms with Gasteiger partial charge in [-0.05, 0) is 23.6 Å². The zero-order valence-corrected chi connectivity index (χ0v) is 13.9. The van der Waals surface area contributed by atoms with E-state index in [1.807, 2.05) is 17.5 Å². The van der Waals surface area contributed by atoms with Crippen molar-refractivity contribution in [2.75, 3.05) is 11.4 Å². The minimum absolute atomic E-state index is 0.0363. The molecule has 118 valence electrons. The summed E-state index contributed by atoms with van der Waals surface area (Å²) in [5.74, 6) is -0.223. The summed E-state index contributed by atoms with van der Waals surface area (Å²) >= 11 is 1.49. The zero-order valence-electron chi connectivity index (χ0n) is 12.2. The highest BCUT2D eigenvalue weighted by Gasteiger charge is 2.44. The molecule has 1 unspecified atom stereocenters. The smallest absolute Gasteiger partial charge is 0.271 e. The van der Waals surface area contributed by atoms with Gasteiger partial charge in [0.15, 0.2) is 16.4 Å². The second kappa shape index (κ2) is 4.94. The summed E-state index contributed by atoms with van der Waals surface area (Å²) in [4.78, 5) is 13.3. The molecule has 0 saturated heterocycles. The van der Waals surface area contributed by atoms with Crippen LogP contribution in [0.1, 0.15) is 23.0 Å². The largest absolute Gasteiger partial charge is 0.482 e. The Morgan fingerprint density at radius 1 is 1.22 bits per heavy atom. The van der Waals surface area contributed by atoms with Crippen LogP contribution in [0.2, 0.25) is 0 Å². The quantitative estimate of drug-likeness (QED) is 0.796. The van der Waals surface area contributed by atoms with Gasteiger partial charge in [-0.1, -0.05) is 18.2 Å². The van der Waals surface area contributed by atoms with Crippen molar-refractivity contribution in [2.24, 2.45) is 0 Å². The molecule has 0 amide bonds. The number of carbonyl (C=O) groups is 1. The first kappa shape index (κ1) is 14.5. The van der Waals surface area contributed by atoms with Crippen molar-refractivity contribution in [3.05, 3.63) is 57.1 Å². The van der Waals surface area contributed by atoms with E-state index in [0.717, 1.165) is 9.18 Å². The number of rotatable bonds is 1. The minimum Gasteiger partial charge on any atom is -0.482 e. The normalized spacial score (nSPS) is 22.4. The van der Waals surface area contributed by atoms with Crippen molar-refractivity contribution >= 4 is 38.6 Å². The molecule has 7 heteroatoms. The molecule has 1 aromatic heterocycles. The van der Waals surface area contributed by atoms with Gasteiger partial charge in [0.05, 0.1) is 12.1 Å². The Morgan fingerprint density at radius 3 is 2.74 bits per heavy atom. The van der Waals surface area contributed by atoms with Crippen molar-refractivity contribution in [1.29, 1.82) is 0 Å². The number of para-hydroxylation sites is 1. The van der Waals surface area contributed by atoms with Gasteiger partial charge in [0.25, 0.3) is 10.0 Å². The molecule has 0 fully saturated rings. The van der Waals surface area contributed by atoms with Gasteiger partial charge in [-0.15, -0.1) is 11.3 Å². The van der Waals surface area contributed by atoms with E-state index in [9.17, 15) is 13.2 Å². The molecule has 5 nitrogen and oxygen atoms in total. The van der Waals surface area contributed by atoms with Crippen LogP contribution in [0.5, 0.6) is 0 Å². The van der Waals surface area contributed by atoms with Crippen LogP contribution >= 0.6 is 11.3 Å². The number of hydrogen-bond acceptors (Lipinski definition) is 5. The van der Waals surface area contributed by atoms with Gasteiger partial charge < -0.3 is 4.74 Å². The fourth-order valence-electron chi connectivity index (χ4n) is 2.91. The van der Waals surface area contributed by atoms with Crippen molar-refractivity contribution in [3.8, 4) is 0 Å². The maximum absolute atomic E-state index is 12.7. The maximum Gasteiger partial charge on any atom is 0.271 e. The number of thiophene rings is 1. The maximum atomic E-state index is 12.7. The number of anilines is 1. The summed E-state index contributed by atoms with van der Waals surface area (Å²) in [5.41, 5.74) is 1.15. The highest BCUT2D eigenvalue weighted by molar-refractivity contribution is 7.97. The van der Waals surface area contributed by atoms with E-state index >= 15 is 0 Å². The number of carbonyl (C=O) groups excluding carboxylic acids is 1. The first-order chi connectivity index (χ1) is 11.0. The highest BCUT2D eigenvalue weighted by atomic mass is 32.2. The Bertz CT molecular complexity index is 929. The highest BCUT2D eigenvalue weighted by Crippen LogP contribution is 2.46. The summed E-state index contributed by atoms with van der Waals surface area (Å²) in [5, 5.41) is 1.91. The van der Waals surface area contributed by atoms with Gasteiger partial charge in [0.1, 0.15) is 6.10 Å². The summed E-state index contributed by atoms with van der Waals surface area (Å²) in [6.45, 7) is 0. The van der Waals surface area contributed by atoms with E-state index in [0.29, 0.717) is 11.3 Å². The van der Waals surface area contributed by atoms with Crippen LogP contribution in [-0.4, -0.2) is 21.2 Å². The van der Waals surface area contributed by atoms with Gasteiger partial charge in [-0.2, -0.15) is 0 Å². The van der Waals surface area contributed by atoms with E-state index in [-0.39, 0.29) is 17.1 Å². The monoisotopic (exact) mass is 347 g/mol. The predicted octanol–water partition coefficient (Wildman–Crippen LogP) is 2.93. The number of ketones is 1. The molecule has 0 aliphatic carbocycles. The SMILES string of the molecule is CN1c2ccccc2C2=C(C(=O)CC(c3cccs3)O2)S1(=O)=O. The van der Waals surface area contributed by atoms with Crippen LogP contribution in [-0.2, 0) is 19.6 Å². The van der Waals surface area contributed by atoms with Gasteiger partial charge in [-0.25, -0.2) is 8.42 Å². The fourth-order valence-corrected chi connectivity index (χ4v) is 5.12. The standard InChI is InChI=1S/C16H13NO4S2/c1-17-11-6-3-2-5-10(11)15-16(23(17,19)20)12(18)9-13(21-15)14-7-4-8-22-14/h2-8,13H,9H2,1H3. The van der Waals surface area contributed by atoms with Crippen LogP contribution in [0.3, 0.4) is 0 Å². The van der Waals surface area contributed by atoms with Gasteiger partial charge in [0, 0.05) is 17.5 Å². The molecule has 0 bridgehead atoms. The minimum atomic E-state index is -3.88. The summed E-state index contributed by atoms with van der Waals surface area (Å²) in [7, 11) is -2.42. The third-order valence-corrected chi connectivity index (χ3v) is 6.87. The Balaban J connectivity index is 1.93. The average molecular weight is 347 g/mol. The number of allylic oxidation sites excluding steroid dienone is 1. The van der Waals surface area contributed by atoms with Crippen LogP contribution in [0.25, 0.3) is 5.76 Å². The summed E-state index contributed by atoms with van der Waals surface area (Å²) in [6.07, 6.45) is -0.401. The molecule has 1 atom stereocenters. The van der Waals surface area contributed by atoms with Crippen LogP contribution in [0.15, 0.2) is 46.7 Å². The fraction of sp³-hybridized carbons (Fsp3) is 0.188. The van der Waals surface area contributed by atoms with Crippen LogP contribution in [0, 0.1) is 0 Å². The van der Waals surface area contributed by atoms with Crippen LogP contribution in [0.4, 0.5) is 5.69 Å². The molecule has 3 heterocycles. The first-order valence-electron chi connectivity index (χ1n) is 7.06. The number of benzene rings is 1. The molecular formula is C16H13NO4S2. The van der Waals surface area contributed by atoms with E-state index in [1.165, 1.54) is 18.4 Å². The Labute approximate surface area is 137 Å². The van der Waals surface area contributed by atoms with Crippen molar-refractivity contribution in [3.63, 3.8) is 0 Å². The van der Waals surface area contributed by atoms with Gasteiger partial charge in [-0.3, -0.25) is 9.10 Å². The average Bonchev–Trinajstić information content (AvgIpc) is 3.06. The van der Waals surface area contributed by atoms with E-state index in [2.05, 4.69) is 0 Å². The molecule has 0 N–H and O–H groups in total. The Morgan fingerprint density at radius 2 is 2.00 bits per heavy atom. The van der Waals surface area contributed by atoms with Gasteiger partial charge >= 0.3 is 0 Å². The number of fused-ring (bicyclic) bond motifs is 2. The lowest BCUT2D eigenvalue weighted by Gasteiger charge is -2.34. The molecule has 23 heavy (non-hydrogen) atoms. The molecule has 2 aromatic rings. The predicted molar refractivity (Wildman–Crippen MR) is 88.5 cm³/mol. The van der Waals surface area contributed by atoms with E-state index in [1.54, 1.807) is 24.3 Å². The first-order valence-corrected chi connectivity index (χ1v) is 9.38. The summed E-state index contributed by atoms with van der Waals surface area (Å²) in [6, 6.07) is 10.8. The lowest BCUT2D eigenvalue weighted by Crippen LogP contribution is -2.38. The van der Waals surface area contributed by atoms with E-state index in [4.69, 9.17) is 4.74 Å². The number of ether oxygens (including phenoxy) is 1. The molecule has 2 aliphatic rings. The van der Waals surface area contributed by atoms with E-state index < -0.39 is 21.9 Å².